The highest BCUT2D eigenvalue weighted by molar-refractivity contribution is 7.99. The highest BCUT2D eigenvalue weighted by atomic mass is 32.2. The van der Waals surface area contributed by atoms with E-state index in [2.05, 4.69) is 33.7 Å². The van der Waals surface area contributed by atoms with Gasteiger partial charge in [-0.25, -0.2) is 0 Å². The van der Waals surface area contributed by atoms with E-state index in [0.717, 1.165) is 22.6 Å². The number of aliphatic hydroxyl groups excluding tert-OH is 1. The molecule has 0 aliphatic heterocycles. The van der Waals surface area contributed by atoms with Gasteiger partial charge in [0.25, 0.3) is 0 Å². The van der Waals surface area contributed by atoms with Crippen LogP contribution in [0.4, 0.5) is 0 Å². The number of hydrogen-bond donors (Lipinski definition) is 2. The Labute approximate surface area is 140 Å². The van der Waals surface area contributed by atoms with Gasteiger partial charge < -0.3 is 10.4 Å². The van der Waals surface area contributed by atoms with Crippen molar-refractivity contribution in [2.45, 2.75) is 32.3 Å². The van der Waals surface area contributed by atoms with E-state index >= 15 is 0 Å². The van der Waals surface area contributed by atoms with Crippen LogP contribution in [0.2, 0.25) is 0 Å². The molecule has 1 amide bonds. The summed E-state index contributed by atoms with van der Waals surface area (Å²) in [7, 11) is 0. The molecule has 1 aromatic heterocycles. The number of aryl methyl sites for hydroxylation is 3. The number of hydrogen-bond acceptors (Lipinski definition) is 5. The fraction of sp³-hybridized carbons (Fsp3) is 0.438. The molecule has 0 atom stereocenters. The van der Waals surface area contributed by atoms with Gasteiger partial charge in [0, 0.05) is 13.2 Å². The standard InChI is InChI=1S/C16H22N4O2S/c1-11-5-6-12(2)14(9-11)20-13(3)18-19-16(20)23-10-15(22)17-7-4-8-21/h5-6,9,21H,4,7-8,10H2,1-3H3,(H,17,22). The minimum atomic E-state index is -0.0726. The fourth-order valence-electron chi connectivity index (χ4n) is 2.16. The monoisotopic (exact) mass is 334 g/mol. The number of amides is 1. The van der Waals surface area contributed by atoms with E-state index in [0.29, 0.717) is 18.1 Å². The summed E-state index contributed by atoms with van der Waals surface area (Å²) >= 11 is 1.36. The van der Waals surface area contributed by atoms with E-state index in [1.165, 1.54) is 11.8 Å². The molecule has 0 unspecified atom stereocenters. The molecule has 0 radical (unpaired) electrons. The van der Waals surface area contributed by atoms with Crippen molar-refractivity contribution in [2.24, 2.45) is 0 Å². The van der Waals surface area contributed by atoms with E-state index in [9.17, 15) is 4.79 Å². The first-order chi connectivity index (χ1) is 11.0. The molecule has 1 heterocycles. The predicted molar refractivity (Wildman–Crippen MR) is 91.0 cm³/mol. The van der Waals surface area contributed by atoms with Gasteiger partial charge in [-0.3, -0.25) is 9.36 Å². The van der Waals surface area contributed by atoms with Gasteiger partial charge in [0.1, 0.15) is 5.82 Å². The quantitative estimate of drug-likeness (QED) is 0.596. The predicted octanol–water partition coefficient (Wildman–Crippen LogP) is 1.78. The van der Waals surface area contributed by atoms with Crippen LogP contribution in [0.15, 0.2) is 23.4 Å². The van der Waals surface area contributed by atoms with Crippen molar-refractivity contribution in [3.63, 3.8) is 0 Å². The number of nitrogens with zero attached hydrogens (tertiary/aromatic N) is 3. The van der Waals surface area contributed by atoms with Crippen molar-refractivity contribution >= 4 is 17.7 Å². The first-order valence-corrected chi connectivity index (χ1v) is 8.51. The Hall–Kier alpha value is -1.86. The molecular formula is C16H22N4O2S. The Kier molecular flexibility index (Phi) is 6.18. The second kappa shape index (κ2) is 8.12. The van der Waals surface area contributed by atoms with Crippen molar-refractivity contribution < 1.29 is 9.90 Å². The van der Waals surface area contributed by atoms with Crippen LogP contribution in [0.5, 0.6) is 0 Å². The number of aromatic nitrogens is 3. The minimum Gasteiger partial charge on any atom is -0.396 e. The van der Waals surface area contributed by atoms with Crippen molar-refractivity contribution in [3.8, 4) is 5.69 Å². The van der Waals surface area contributed by atoms with E-state index in [-0.39, 0.29) is 18.3 Å². The Bertz CT molecular complexity index is 685. The summed E-state index contributed by atoms with van der Waals surface area (Å²) in [5, 5.41) is 20.5. The Morgan fingerprint density at radius 2 is 2.09 bits per heavy atom. The molecule has 2 rings (SSSR count). The van der Waals surface area contributed by atoms with Crippen LogP contribution in [-0.2, 0) is 4.79 Å². The summed E-state index contributed by atoms with van der Waals surface area (Å²) in [5.74, 6) is 0.993. The molecular weight excluding hydrogens is 312 g/mol. The number of rotatable bonds is 7. The second-order valence-corrected chi connectivity index (χ2v) is 6.31. The third-order valence-electron chi connectivity index (χ3n) is 3.39. The topological polar surface area (TPSA) is 80.0 Å². The molecule has 2 aromatic rings. The lowest BCUT2D eigenvalue weighted by Crippen LogP contribution is -2.26. The highest BCUT2D eigenvalue weighted by Gasteiger charge is 2.14. The van der Waals surface area contributed by atoms with Gasteiger partial charge in [-0.05, 0) is 44.4 Å². The van der Waals surface area contributed by atoms with Gasteiger partial charge in [-0.2, -0.15) is 0 Å². The average molecular weight is 334 g/mol. The van der Waals surface area contributed by atoms with Crippen LogP contribution in [0.1, 0.15) is 23.4 Å². The number of carbonyl (C=O) groups excluding carboxylic acids is 1. The van der Waals surface area contributed by atoms with Gasteiger partial charge in [0.2, 0.25) is 5.91 Å². The van der Waals surface area contributed by atoms with E-state index in [1.54, 1.807) is 0 Å². The molecule has 0 bridgehead atoms. The molecule has 0 saturated heterocycles. The third kappa shape index (κ3) is 4.56. The van der Waals surface area contributed by atoms with Crippen LogP contribution < -0.4 is 5.32 Å². The summed E-state index contributed by atoms with van der Waals surface area (Å²) in [6, 6.07) is 6.23. The lowest BCUT2D eigenvalue weighted by Gasteiger charge is -2.12. The smallest absolute Gasteiger partial charge is 0.230 e. The maximum atomic E-state index is 11.8. The van der Waals surface area contributed by atoms with Crippen LogP contribution >= 0.6 is 11.8 Å². The molecule has 0 fully saturated rings. The molecule has 1 aromatic carbocycles. The van der Waals surface area contributed by atoms with Crippen LogP contribution in [0.3, 0.4) is 0 Å². The van der Waals surface area contributed by atoms with Crippen LogP contribution in [-0.4, -0.2) is 44.7 Å². The van der Waals surface area contributed by atoms with Gasteiger partial charge in [-0.15, -0.1) is 10.2 Å². The number of thioether (sulfide) groups is 1. The Morgan fingerprint density at radius 1 is 1.30 bits per heavy atom. The zero-order chi connectivity index (χ0) is 16.8. The first-order valence-electron chi connectivity index (χ1n) is 7.53. The van der Waals surface area contributed by atoms with E-state index < -0.39 is 0 Å². The molecule has 0 aliphatic carbocycles. The zero-order valence-corrected chi connectivity index (χ0v) is 14.5. The van der Waals surface area contributed by atoms with Crippen molar-refractivity contribution in [1.29, 1.82) is 0 Å². The van der Waals surface area contributed by atoms with Crippen LogP contribution in [0.25, 0.3) is 5.69 Å². The molecule has 6 nitrogen and oxygen atoms in total. The fourth-order valence-corrected chi connectivity index (χ4v) is 2.98. The van der Waals surface area contributed by atoms with E-state index in [4.69, 9.17) is 5.11 Å². The molecule has 0 saturated carbocycles. The maximum Gasteiger partial charge on any atom is 0.230 e. The number of aliphatic hydroxyl groups is 1. The summed E-state index contributed by atoms with van der Waals surface area (Å²) in [5.41, 5.74) is 3.33. The van der Waals surface area contributed by atoms with Gasteiger partial charge in [0.15, 0.2) is 5.16 Å². The SMILES string of the molecule is Cc1ccc(C)c(-n2c(C)nnc2SCC(=O)NCCCO)c1. The van der Waals surface area contributed by atoms with E-state index in [1.807, 2.05) is 25.3 Å². The van der Waals surface area contributed by atoms with Gasteiger partial charge >= 0.3 is 0 Å². The largest absolute Gasteiger partial charge is 0.396 e. The highest BCUT2D eigenvalue weighted by Crippen LogP contribution is 2.24. The lowest BCUT2D eigenvalue weighted by atomic mass is 10.1. The number of benzene rings is 1. The number of nitrogens with one attached hydrogen (secondary N) is 1. The summed E-state index contributed by atoms with van der Waals surface area (Å²) in [6.07, 6.45) is 0.564. The second-order valence-electron chi connectivity index (χ2n) is 5.37. The molecule has 0 aliphatic rings. The normalized spacial score (nSPS) is 10.8. The maximum absolute atomic E-state index is 11.8. The summed E-state index contributed by atoms with van der Waals surface area (Å²) in [6.45, 7) is 6.56. The number of carbonyl (C=O) groups is 1. The molecule has 7 heteroatoms. The van der Waals surface area contributed by atoms with Gasteiger partial charge in [-0.1, -0.05) is 23.9 Å². The molecule has 0 spiro atoms. The average Bonchev–Trinajstić information content (AvgIpc) is 2.89. The Morgan fingerprint density at radius 3 is 2.83 bits per heavy atom. The van der Waals surface area contributed by atoms with Gasteiger partial charge in [0.05, 0.1) is 11.4 Å². The first kappa shape index (κ1) is 17.5. The van der Waals surface area contributed by atoms with Crippen molar-refractivity contribution in [2.75, 3.05) is 18.9 Å². The van der Waals surface area contributed by atoms with Crippen molar-refractivity contribution in [1.82, 2.24) is 20.1 Å². The van der Waals surface area contributed by atoms with Crippen molar-refractivity contribution in [3.05, 3.63) is 35.2 Å². The molecule has 2 N–H and O–H groups in total. The van der Waals surface area contributed by atoms with Crippen LogP contribution in [0, 0.1) is 20.8 Å². The molecule has 124 valence electrons. The zero-order valence-electron chi connectivity index (χ0n) is 13.7. The summed E-state index contributed by atoms with van der Waals surface area (Å²) < 4.78 is 1.98. The summed E-state index contributed by atoms with van der Waals surface area (Å²) in [4.78, 5) is 11.8. The Balaban J connectivity index is 2.13. The third-order valence-corrected chi connectivity index (χ3v) is 4.32. The minimum absolute atomic E-state index is 0.0726. The lowest BCUT2D eigenvalue weighted by molar-refractivity contribution is -0.118. The molecule has 23 heavy (non-hydrogen) atoms.